The van der Waals surface area contributed by atoms with E-state index in [1.54, 1.807) is 0 Å². The van der Waals surface area contributed by atoms with Crippen LogP contribution in [-0.2, 0) is 6.42 Å². The van der Waals surface area contributed by atoms with Gasteiger partial charge in [-0.15, -0.1) is 0 Å². The second kappa shape index (κ2) is 10.6. The Kier molecular flexibility index (Phi) is 8.40. The van der Waals surface area contributed by atoms with Crippen LogP contribution in [-0.4, -0.2) is 62.8 Å². The van der Waals surface area contributed by atoms with Crippen molar-refractivity contribution in [2.45, 2.75) is 39.5 Å². The third-order valence-electron chi connectivity index (χ3n) is 4.60. The summed E-state index contributed by atoms with van der Waals surface area (Å²) in [5.74, 6) is 1.78. The van der Waals surface area contributed by atoms with Gasteiger partial charge in [-0.05, 0) is 57.5 Å². The van der Waals surface area contributed by atoms with Crippen molar-refractivity contribution in [3.63, 3.8) is 0 Å². The molecule has 0 saturated carbocycles. The summed E-state index contributed by atoms with van der Waals surface area (Å²) in [7, 11) is 2.21. The number of benzene rings is 1. The molecular formula is C20H34N2O2. The lowest BCUT2D eigenvalue weighted by molar-refractivity contribution is 0.153. The van der Waals surface area contributed by atoms with E-state index < -0.39 is 0 Å². The number of hydrogen-bond donors (Lipinski definition) is 0. The van der Waals surface area contributed by atoms with Crippen molar-refractivity contribution in [3.8, 4) is 11.5 Å². The summed E-state index contributed by atoms with van der Waals surface area (Å²) in [6.07, 6.45) is 4.53. The van der Waals surface area contributed by atoms with Crippen molar-refractivity contribution in [2.75, 3.05) is 53.0 Å². The van der Waals surface area contributed by atoms with Crippen LogP contribution >= 0.6 is 0 Å². The average molecular weight is 335 g/mol. The molecule has 0 aliphatic carbocycles. The van der Waals surface area contributed by atoms with Crippen LogP contribution in [0.4, 0.5) is 0 Å². The Morgan fingerprint density at radius 3 is 2.46 bits per heavy atom. The van der Waals surface area contributed by atoms with Crippen LogP contribution in [0, 0.1) is 0 Å². The fourth-order valence-corrected chi connectivity index (χ4v) is 3.00. The van der Waals surface area contributed by atoms with Crippen LogP contribution in [0.2, 0.25) is 0 Å². The van der Waals surface area contributed by atoms with Crippen molar-refractivity contribution < 1.29 is 9.47 Å². The molecule has 1 aromatic rings. The Hall–Kier alpha value is -1.26. The van der Waals surface area contributed by atoms with Gasteiger partial charge in [-0.1, -0.05) is 19.4 Å². The molecule has 1 saturated heterocycles. The van der Waals surface area contributed by atoms with E-state index in [-0.39, 0.29) is 0 Å². The van der Waals surface area contributed by atoms with Gasteiger partial charge >= 0.3 is 0 Å². The lowest BCUT2D eigenvalue weighted by Gasteiger charge is -2.32. The van der Waals surface area contributed by atoms with Crippen LogP contribution in [0.15, 0.2) is 18.2 Å². The molecule has 1 aliphatic heterocycles. The quantitative estimate of drug-likeness (QED) is 0.612. The topological polar surface area (TPSA) is 24.9 Å². The molecule has 2 rings (SSSR count). The van der Waals surface area contributed by atoms with Crippen LogP contribution in [0.25, 0.3) is 0 Å². The van der Waals surface area contributed by atoms with E-state index in [9.17, 15) is 0 Å². The monoisotopic (exact) mass is 334 g/mol. The fourth-order valence-electron chi connectivity index (χ4n) is 3.00. The first-order valence-corrected chi connectivity index (χ1v) is 9.52. The zero-order chi connectivity index (χ0) is 17.2. The van der Waals surface area contributed by atoms with E-state index in [1.165, 1.54) is 44.7 Å². The Morgan fingerprint density at radius 1 is 0.958 bits per heavy atom. The molecule has 0 spiro atoms. The summed E-state index contributed by atoms with van der Waals surface area (Å²) in [6.45, 7) is 11.6. The number of likely N-dealkylation sites (N-methyl/N-ethyl adjacent to an activating group) is 1. The summed E-state index contributed by atoms with van der Waals surface area (Å²) < 4.78 is 11.6. The van der Waals surface area contributed by atoms with Crippen LogP contribution < -0.4 is 9.47 Å². The normalized spacial score (nSPS) is 16.3. The molecule has 0 N–H and O–H groups in total. The van der Waals surface area contributed by atoms with Gasteiger partial charge < -0.3 is 19.3 Å². The van der Waals surface area contributed by atoms with Gasteiger partial charge in [0.1, 0.15) is 0 Å². The van der Waals surface area contributed by atoms with Gasteiger partial charge in [-0.3, -0.25) is 0 Å². The predicted molar refractivity (Wildman–Crippen MR) is 100 cm³/mol. The molecule has 1 heterocycles. The first-order chi connectivity index (χ1) is 11.7. The highest BCUT2D eigenvalue weighted by Gasteiger charge is 2.13. The van der Waals surface area contributed by atoms with Crippen LogP contribution in [0.5, 0.6) is 11.5 Å². The van der Waals surface area contributed by atoms with E-state index in [0.29, 0.717) is 6.61 Å². The molecule has 0 atom stereocenters. The van der Waals surface area contributed by atoms with Gasteiger partial charge in [0.2, 0.25) is 0 Å². The first kappa shape index (κ1) is 19.1. The second-order valence-corrected chi connectivity index (χ2v) is 6.66. The minimum Gasteiger partial charge on any atom is -0.490 e. The van der Waals surface area contributed by atoms with Gasteiger partial charge in [0.15, 0.2) is 11.5 Å². The van der Waals surface area contributed by atoms with E-state index in [1.807, 2.05) is 6.92 Å². The molecule has 0 bridgehead atoms. The molecule has 0 aromatic heterocycles. The average Bonchev–Trinajstić information content (AvgIpc) is 2.59. The lowest BCUT2D eigenvalue weighted by Crippen LogP contribution is -2.44. The van der Waals surface area contributed by atoms with E-state index in [0.717, 1.165) is 37.4 Å². The summed E-state index contributed by atoms with van der Waals surface area (Å²) in [6, 6.07) is 6.42. The Balaban J connectivity index is 1.82. The number of rotatable bonds is 10. The van der Waals surface area contributed by atoms with Crippen LogP contribution in [0.1, 0.15) is 38.7 Å². The summed E-state index contributed by atoms with van der Waals surface area (Å²) in [5, 5.41) is 0. The van der Waals surface area contributed by atoms with Gasteiger partial charge in [0, 0.05) is 26.2 Å². The Bertz CT molecular complexity index is 471. The number of ether oxygens (including phenoxy) is 2. The molecule has 136 valence electrons. The van der Waals surface area contributed by atoms with E-state index >= 15 is 0 Å². The van der Waals surface area contributed by atoms with Crippen molar-refractivity contribution in [2.24, 2.45) is 0 Å². The van der Waals surface area contributed by atoms with Crippen molar-refractivity contribution >= 4 is 0 Å². The molecule has 0 amide bonds. The van der Waals surface area contributed by atoms with E-state index in [2.05, 4.69) is 42.0 Å². The minimum absolute atomic E-state index is 0.675. The third kappa shape index (κ3) is 6.33. The van der Waals surface area contributed by atoms with Crippen molar-refractivity contribution in [3.05, 3.63) is 23.8 Å². The predicted octanol–water partition coefficient (Wildman–Crippen LogP) is 3.44. The zero-order valence-electron chi connectivity index (χ0n) is 15.7. The molecular weight excluding hydrogens is 300 g/mol. The maximum absolute atomic E-state index is 5.86. The highest BCUT2D eigenvalue weighted by molar-refractivity contribution is 5.43. The Labute approximate surface area is 147 Å². The number of nitrogens with zero attached hydrogens (tertiary/aromatic N) is 2. The van der Waals surface area contributed by atoms with Gasteiger partial charge in [0.05, 0.1) is 13.2 Å². The number of unbranched alkanes of at least 4 members (excludes halogenated alkanes) is 1. The molecule has 4 nitrogen and oxygen atoms in total. The SMILES string of the molecule is CCCCOc1ccc(CCCN2CCN(C)CC2)cc1OCC. The largest absolute Gasteiger partial charge is 0.490 e. The highest BCUT2D eigenvalue weighted by Crippen LogP contribution is 2.29. The zero-order valence-corrected chi connectivity index (χ0v) is 15.7. The van der Waals surface area contributed by atoms with E-state index in [4.69, 9.17) is 9.47 Å². The number of aryl methyl sites for hydroxylation is 1. The number of piperazine rings is 1. The highest BCUT2D eigenvalue weighted by atomic mass is 16.5. The number of hydrogen-bond acceptors (Lipinski definition) is 4. The molecule has 24 heavy (non-hydrogen) atoms. The Morgan fingerprint density at radius 2 is 1.75 bits per heavy atom. The van der Waals surface area contributed by atoms with Gasteiger partial charge in [0.25, 0.3) is 0 Å². The first-order valence-electron chi connectivity index (χ1n) is 9.52. The maximum Gasteiger partial charge on any atom is 0.161 e. The van der Waals surface area contributed by atoms with Crippen molar-refractivity contribution in [1.29, 1.82) is 0 Å². The molecule has 4 heteroatoms. The third-order valence-corrected chi connectivity index (χ3v) is 4.60. The molecule has 0 radical (unpaired) electrons. The molecule has 1 fully saturated rings. The fraction of sp³-hybridized carbons (Fsp3) is 0.700. The summed E-state index contributed by atoms with van der Waals surface area (Å²) >= 11 is 0. The van der Waals surface area contributed by atoms with Gasteiger partial charge in [-0.25, -0.2) is 0 Å². The summed E-state index contributed by atoms with van der Waals surface area (Å²) in [4.78, 5) is 4.98. The minimum atomic E-state index is 0.675. The maximum atomic E-state index is 5.86. The van der Waals surface area contributed by atoms with Crippen LogP contribution in [0.3, 0.4) is 0 Å². The second-order valence-electron chi connectivity index (χ2n) is 6.66. The van der Waals surface area contributed by atoms with Gasteiger partial charge in [-0.2, -0.15) is 0 Å². The molecule has 1 aromatic carbocycles. The standard InChI is InChI=1S/C20H34N2O2/c1-4-6-16-24-19-10-9-18(17-20(19)23-5-2)8-7-11-22-14-12-21(3)13-15-22/h9-10,17H,4-8,11-16H2,1-3H3. The molecule has 1 aliphatic rings. The molecule has 0 unspecified atom stereocenters. The lowest BCUT2D eigenvalue weighted by atomic mass is 10.1. The summed E-state index contributed by atoms with van der Waals surface area (Å²) in [5.41, 5.74) is 1.34. The smallest absolute Gasteiger partial charge is 0.161 e. The van der Waals surface area contributed by atoms with Crippen molar-refractivity contribution in [1.82, 2.24) is 9.80 Å².